The van der Waals surface area contributed by atoms with E-state index in [2.05, 4.69) is 58.4 Å². The summed E-state index contributed by atoms with van der Waals surface area (Å²) >= 11 is 3.63. The molecule has 0 aromatic heterocycles. The topological polar surface area (TPSA) is 20.2 Å². The third kappa shape index (κ3) is 1.44. The molecule has 0 atom stereocenters. The summed E-state index contributed by atoms with van der Waals surface area (Å²) in [6.45, 7) is 0.0787. The summed E-state index contributed by atoms with van der Waals surface area (Å²) in [5.41, 5.74) is 0.988. The zero-order chi connectivity index (χ0) is 13.0. The summed E-state index contributed by atoms with van der Waals surface area (Å²) in [5, 5.41) is 16.9. The summed E-state index contributed by atoms with van der Waals surface area (Å²) in [4.78, 5) is 0. The van der Waals surface area contributed by atoms with Crippen molar-refractivity contribution in [2.24, 2.45) is 0 Å². The molecule has 4 aromatic rings. The van der Waals surface area contributed by atoms with E-state index in [1.54, 1.807) is 0 Å². The highest BCUT2D eigenvalue weighted by Gasteiger charge is 2.11. The van der Waals surface area contributed by atoms with Crippen LogP contribution in [0.5, 0.6) is 0 Å². The SMILES string of the molecule is OCc1ccc2ccc3c(Br)ccc4ccc1c2c43. The smallest absolute Gasteiger partial charge is 0.0687 e. The minimum absolute atomic E-state index is 0.0787. The molecule has 0 heterocycles. The first-order valence-electron chi connectivity index (χ1n) is 6.25. The fourth-order valence-electron chi connectivity index (χ4n) is 2.96. The Morgan fingerprint density at radius 3 is 2.05 bits per heavy atom. The van der Waals surface area contributed by atoms with Gasteiger partial charge < -0.3 is 5.11 Å². The lowest BCUT2D eigenvalue weighted by Crippen LogP contribution is -1.89. The lowest BCUT2D eigenvalue weighted by atomic mass is 9.92. The van der Waals surface area contributed by atoms with E-state index in [0.717, 1.165) is 15.4 Å². The van der Waals surface area contributed by atoms with Gasteiger partial charge in [-0.25, -0.2) is 0 Å². The Hall–Kier alpha value is -1.64. The normalized spacial score (nSPS) is 11.9. The molecule has 0 radical (unpaired) electrons. The Bertz CT molecular complexity index is 911. The molecule has 4 rings (SSSR count). The Kier molecular flexibility index (Phi) is 2.32. The monoisotopic (exact) mass is 310 g/mol. The molecule has 4 aromatic carbocycles. The van der Waals surface area contributed by atoms with Gasteiger partial charge in [0.2, 0.25) is 0 Å². The molecule has 19 heavy (non-hydrogen) atoms. The first-order valence-corrected chi connectivity index (χ1v) is 7.04. The van der Waals surface area contributed by atoms with E-state index in [4.69, 9.17) is 0 Å². The predicted molar refractivity (Wildman–Crippen MR) is 83.8 cm³/mol. The Morgan fingerprint density at radius 2 is 1.32 bits per heavy atom. The summed E-state index contributed by atoms with van der Waals surface area (Å²) in [6, 6.07) is 16.9. The molecule has 0 fully saturated rings. The van der Waals surface area contributed by atoms with Gasteiger partial charge in [-0.3, -0.25) is 0 Å². The second-order valence-corrected chi connectivity index (χ2v) is 5.71. The van der Waals surface area contributed by atoms with Crippen LogP contribution in [0.25, 0.3) is 32.3 Å². The van der Waals surface area contributed by atoms with Crippen molar-refractivity contribution in [1.29, 1.82) is 0 Å². The summed E-state index contributed by atoms with van der Waals surface area (Å²) in [7, 11) is 0. The molecule has 0 aliphatic rings. The molecule has 92 valence electrons. The molecular formula is C17H11BrO. The predicted octanol–water partition coefficient (Wildman–Crippen LogP) is 4.84. The van der Waals surface area contributed by atoms with Gasteiger partial charge in [0.25, 0.3) is 0 Å². The van der Waals surface area contributed by atoms with E-state index in [1.807, 2.05) is 6.07 Å². The average Bonchev–Trinajstić information content (AvgIpc) is 2.46. The third-order valence-electron chi connectivity index (χ3n) is 3.87. The number of aliphatic hydroxyl groups is 1. The van der Waals surface area contributed by atoms with E-state index in [-0.39, 0.29) is 6.61 Å². The Morgan fingerprint density at radius 1 is 0.737 bits per heavy atom. The van der Waals surface area contributed by atoms with Crippen molar-refractivity contribution >= 4 is 48.2 Å². The minimum atomic E-state index is 0.0787. The summed E-state index contributed by atoms with van der Waals surface area (Å²) < 4.78 is 1.11. The van der Waals surface area contributed by atoms with E-state index in [0.29, 0.717) is 0 Å². The van der Waals surface area contributed by atoms with Gasteiger partial charge in [-0.2, -0.15) is 0 Å². The zero-order valence-corrected chi connectivity index (χ0v) is 11.7. The first kappa shape index (κ1) is 11.2. The van der Waals surface area contributed by atoms with Gasteiger partial charge in [0.1, 0.15) is 0 Å². The highest BCUT2D eigenvalue weighted by atomic mass is 79.9. The second-order valence-electron chi connectivity index (χ2n) is 4.85. The van der Waals surface area contributed by atoms with Gasteiger partial charge >= 0.3 is 0 Å². The first-order chi connectivity index (χ1) is 9.29. The Balaban J connectivity index is 2.39. The minimum Gasteiger partial charge on any atom is -0.392 e. The molecule has 0 aliphatic carbocycles. The highest BCUT2D eigenvalue weighted by Crippen LogP contribution is 2.38. The fourth-order valence-corrected chi connectivity index (χ4v) is 3.43. The quantitative estimate of drug-likeness (QED) is 0.499. The van der Waals surface area contributed by atoms with Crippen molar-refractivity contribution in [3.63, 3.8) is 0 Å². The van der Waals surface area contributed by atoms with Crippen LogP contribution in [0, 0.1) is 0 Å². The maximum atomic E-state index is 9.51. The van der Waals surface area contributed by atoms with Gasteiger partial charge in [0, 0.05) is 4.47 Å². The zero-order valence-electron chi connectivity index (χ0n) is 10.2. The number of halogens is 1. The van der Waals surface area contributed by atoms with Crippen molar-refractivity contribution in [2.75, 3.05) is 0 Å². The molecular weight excluding hydrogens is 300 g/mol. The second kappa shape index (κ2) is 3.92. The molecule has 0 saturated carbocycles. The van der Waals surface area contributed by atoms with Crippen molar-refractivity contribution in [3.8, 4) is 0 Å². The number of aliphatic hydroxyl groups excluding tert-OH is 1. The largest absolute Gasteiger partial charge is 0.392 e. The molecule has 0 bridgehead atoms. The number of hydrogen-bond donors (Lipinski definition) is 1. The number of hydrogen-bond acceptors (Lipinski definition) is 1. The molecule has 1 nitrogen and oxygen atoms in total. The van der Waals surface area contributed by atoms with Crippen LogP contribution in [0.4, 0.5) is 0 Å². The molecule has 0 aliphatic heterocycles. The van der Waals surface area contributed by atoms with Crippen LogP contribution in [-0.4, -0.2) is 5.11 Å². The van der Waals surface area contributed by atoms with E-state index in [9.17, 15) is 5.11 Å². The summed E-state index contributed by atoms with van der Waals surface area (Å²) in [6.07, 6.45) is 0. The van der Waals surface area contributed by atoms with Crippen LogP contribution in [0.15, 0.2) is 53.0 Å². The van der Waals surface area contributed by atoms with Crippen LogP contribution in [0.2, 0.25) is 0 Å². The van der Waals surface area contributed by atoms with Crippen LogP contribution in [0.1, 0.15) is 5.56 Å². The van der Waals surface area contributed by atoms with Crippen molar-refractivity contribution in [3.05, 3.63) is 58.6 Å². The molecule has 2 heteroatoms. The van der Waals surface area contributed by atoms with E-state index < -0.39 is 0 Å². The molecule has 0 spiro atoms. The van der Waals surface area contributed by atoms with Gasteiger partial charge in [-0.1, -0.05) is 58.4 Å². The van der Waals surface area contributed by atoms with Gasteiger partial charge in [-0.15, -0.1) is 0 Å². The van der Waals surface area contributed by atoms with Crippen LogP contribution in [-0.2, 0) is 6.61 Å². The van der Waals surface area contributed by atoms with E-state index >= 15 is 0 Å². The van der Waals surface area contributed by atoms with Gasteiger partial charge in [0.05, 0.1) is 6.61 Å². The molecule has 0 saturated heterocycles. The van der Waals surface area contributed by atoms with E-state index in [1.165, 1.54) is 26.9 Å². The molecule has 0 amide bonds. The van der Waals surface area contributed by atoms with Crippen LogP contribution < -0.4 is 0 Å². The van der Waals surface area contributed by atoms with Crippen molar-refractivity contribution in [2.45, 2.75) is 6.61 Å². The highest BCUT2D eigenvalue weighted by molar-refractivity contribution is 9.10. The fraction of sp³-hybridized carbons (Fsp3) is 0.0588. The molecule has 0 unspecified atom stereocenters. The van der Waals surface area contributed by atoms with Gasteiger partial charge in [0.15, 0.2) is 0 Å². The van der Waals surface area contributed by atoms with Crippen LogP contribution >= 0.6 is 15.9 Å². The third-order valence-corrected chi connectivity index (χ3v) is 4.56. The lowest BCUT2D eigenvalue weighted by molar-refractivity contribution is 0.283. The number of benzene rings is 4. The lowest BCUT2D eigenvalue weighted by Gasteiger charge is -2.13. The maximum Gasteiger partial charge on any atom is 0.0687 e. The maximum absolute atomic E-state index is 9.51. The summed E-state index contributed by atoms with van der Waals surface area (Å²) in [5.74, 6) is 0. The average molecular weight is 311 g/mol. The van der Waals surface area contributed by atoms with Crippen LogP contribution in [0.3, 0.4) is 0 Å². The number of rotatable bonds is 1. The van der Waals surface area contributed by atoms with Crippen molar-refractivity contribution in [1.82, 2.24) is 0 Å². The van der Waals surface area contributed by atoms with Crippen molar-refractivity contribution < 1.29 is 5.11 Å². The Labute approximate surface area is 118 Å². The molecule has 1 N–H and O–H groups in total. The standard InChI is InChI=1S/C17H11BrO/c18-15-8-5-11-3-6-13-12(9-19)2-1-10-4-7-14(15)17(11)16(10)13/h1-8,19H,9H2. The van der Waals surface area contributed by atoms with Gasteiger partial charge in [-0.05, 0) is 43.9 Å².